The van der Waals surface area contributed by atoms with E-state index in [9.17, 15) is 13.6 Å². The monoisotopic (exact) mass is 531 g/mol. The summed E-state index contributed by atoms with van der Waals surface area (Å²) in [5, 5.41) is 4.31. The summed E-state index contributed by atoms with van der Waals surface area (Å²) in [6.45, 7) is 0.531. The van der Waals surface area contributed by atoms with Crippen molar-refractivity contribution in [2.45, 2.75) is 18.9 Å². The Morgan fingerprint density at radius 2 is 1.89 bits per heavy atom. The van der Waals surface area contributed by atoms with Crippen molar-refractivity contribution in [3.8, 4) is 11.1 Å². The Balaban J connectivity index is 1.46. The van der Waals surface area contributed by atoms with Crippen LogP contribution in [0.1, 0.15) is 12.0 Å². The molecule has 3 heterocycles. The minimum Gasteiger partial charge on any atom is -0.412 e. The normalized spacial score (nSPS) is 15.4. The molecule has 0 bridgehead atoms. The molecule has 11 heteroatoms. The molecule has 7 nitrogen and oxygen atoms in total. The van der Waals surface area contributed by atoms with Gasteiger partial charge in [0.2, 0.25) is 5.95 Å². The van der Waals surface area contributed by atoms with Crippen LogP contribution in [0.15, 0.2) is 59.5 Å². The van der Waals surface area contributed by atoms with E-state index in [1.807, 2.05) is 24.3 Å². The van der Waals surface area contributed by atoms with Gasteiger partial charge in [-0.3, -0.25) is 9.69 Å². The molecule has 0 radical (unpaired) electrons. The second-order valence-electron chi connectivity index (χ2n) is 8.55. The van der Waals surface area contributed by atoms with E-state index in [-0.39, 0.29) is 30.1 Å². The summed E-state index contributed by atoms with van der Waals surface area (Å²) in [6.07, 6.45) is 1.44. The first-order chi connectivity index (χ1) is 17.2. The summed E-state index contributed by atoms with van der Waals surface area (Å²) >= 11 is 12.6. The zero-order valence-corrected chi connectivity index (χ0v) is 20.7. The maximum atomic E-state index is 13.5. The highest BCUT2D eigenvalue weighted by molar-refractivity contribution is 6.39. The molecule has 0 unspecified atom stereocenters. The second-order valence-corrected chi connectivity index (χ2v) is 9.37. The maximum absolute atomic E-state index is 13.5. The highest BCUT2D eigenvalue weighted by Crippen LogP contribution is 2.34. The molecule has 0 saturated carbocycles. The standard InChI is InChI=1S/C25H21Cl2F2N5O2/c1-36-34-22-16(11-18(23(34)35)21-19(26)6-3-7-20(21)27)12-30-24(32-22)31-17-5-2-4-15(10-17)13-33-9-8-25(28,29)14-33/h2-7,10-12H,8-9,13-14H2,1H3,(H,30,31,32). The van der Waals surface area contributed by atoms with E-state index in [1.54, 1.807) is 35.4 Å². The van der Waals surface area contributed by atoms with Crippen LogP contribution >= 0.6 is 23.2 Å². The number of nitrogens with one attached hydrogen (secondary N) is 1. The number of nitrogens with zero attached hydrogens (tertiary/aromatic N) is 4. The first-order valence-corrected chi connectivity index (χ1v) is 11.9. The lowest BCUT2D eigenvalue weighted by atomic mass is 10.1. The SMILES string of the molecule is COn1c(=O)c(-c2c(Cl)cccc2Cl)cc2cnc(Nc3cccc(CN4CCC(F)(F)C4)c3)nc21. The van der Waals surface area contributed by atoms with Gasteiger partial charge < -0.3 is 10.2 Å². The van der Waals surface area contributed by atoms with Crippen LogP contribution in [0.3, 0.4) is 0 Å². The van der Waals surface area contributed by atoms with E-state index in [1.165, 1.54) is 7.11 Å². The average Bonchev–Trinajstić information content (AvgIpc) is 3.17. The molecule has 1 fully saturated rings. The van der Waals surface area contributed by atoms with E-state index in [2.05, 4.69) is 15.3 Å². The minimum atomic E-state index is -2.64. The van der Waals surface area contributed by atoms with Gasteiger partial charge in [-0.15, -0.1) is 4.73 Å². The Morgan fingerprint density at radius 3 is 2.58 bits per heavy atom. The Hall–Kier alpha value is -3.27. The van der Waals surface area contributed by atoms with Crippen molar-refractivity contribution in [1.29, 1.82) is 0 Å². The predicted molar refractivity (Wildman–Crippen MR) is 136 cm³/mol. The third-order valence-electron chi connectivity index (χ3n) is 5.96. The fraction of sp³-hybridized carbons (Fsp3) is 0.240. The van der Waals surface area contributed by atoms with Crippen LogP contribution in [0.5, 0.6) is 0 Å². The summed E-state index contributed by atoms with van der Waals surface area (Å²) in [5.74, 6) is -2.40. The number of hydrogen-bond donors (Lipinski definition) is 1. The molecule has 0 spiro atoms. The van der Waals surface area contributed by atoms with Gasteiger partial charge in [-0.05, 0) is 35.9 Å². The molecular formula is C25H21Cl2F2N5O2. The van der Waals surface area contributed by atoms with E-state index in [4.69, 9.17) is 28.0 Å². The number of rotatable bonds is 6. The fourth-order valence-corrected chi connectivity index (χ4v) is 4.91. The van der Waals surface area contributed by atoms with Crippen LogP contribution in [0.25, 0.3) is 22.2 Å². The molecule has 2 aromatic heterocycles. The number of benzene rings is 2. The Kier molecular flexibility index (Phi) is 6.55. The van der Waals surface area contributed by atoms with E-state index < -0.39 is 11.5 Å². The van der Waals surface area contributed by atoms with Crippen molar-refractivity contribution in [1.82, 2.24) is 19.6 Å². The van der Waals surface area contributed by atoms with Crippen LogP contribution < -0.4 is 15.7 Å². The Labute approximate surface area is 215 Å². The average molecular weight is 532 g/mol. The molecule has 186 valence electrons. The summed E-state index contributed by atoms with van der Waals surface area (Å²) in [4.78, 5) is 29.1. The van der Waals surface area contributed by atoms with Gasteiger partial charge in [0.1, 0.15) is 7.11 Å². The van der Waals surface area contributed by atoms with Crippen molar-refractivity contribution in [3.63, 3.8) is 0 Å². The largest absolute Gasteiger partial charge is 0.412 e. The highest BCUT2D eigenvalue weighted by Gasteiger charge is 2.37. The number of pyridine rings is 1. The van der Waals surface area contributed by atoms with Crippen molar-refractivity contribution in [3.05, 3.63) is 80.7 Å². The topological polar surface area (TPSA) is 72.3 Å². The lowest BCUT2D eigenvalue weighted by molar-refractivity contribution is 0.0115. The lowest BCUT2D eigenvalue weighted by Gasteiger charge is -2.16. The number of fused-ring (bicyclic) bond motifs is 1. The second kappa shape index (κ2) is 9.65. The number of halogens is 4. The number of hydrogen-bond acceptors (Lipinski definition) is 6. The van der Waals surface area contributed by atoms with E-state index in [0.717, 1.165) is 10.3 Å². The maximum Gasteiger partial charge on any atom is 0.293 e. The molecular weight excluding hydrogens is 511 g/mol. The summed E-state index contributed by atoms with van der Waals surface area (Å²) in [5.41, 5.74) is 1.99. The molecule has 1 N–H and O–H groups in total. The summed E-state index contributed by atoms with van der Waals surface area (Å²) in [7, 11) is 1.36. The lowest BCUT2D eigenvalue weighted by Crippen LogP contribution is -2.27. The van der Waals surface area contributed by atoms with Gasteiger partial charge in [0.25, 0.3) is 11.5 Å². The molecule has 1 aliphatic rings. The van der Waals surface area contributed by atoms with Gasteiger partial charge in [0, 0.05) is 42.3 Å². The van der Waals surface area contributed by atoms with Crippen LogP contribution in [0.4, 0.5) is 20.4 Å². The van der Waals surface area contributed by atoms with Crippen LogP contribution in [0.2, 0.25) is 10.0 Å². The van der Waals surface area contributed by atoms with Gasteiger partial charge in [0.05, 0.1) is 22.2 Å². The molecule has 4 aromatic rings. The molecule has 1 saturated heterocycles. The molecule has 0 aliphatic carbocycles. The minimum absolute atomic E-state index is 0.124. The van der Waals surface area contributed by atoms with E-state index >= 15 is 0 Å². The first-order valence-electron chi connectivity index (χ1n) is 11.1. The predicted octanol–water partition coefficient (Wildman–Crippen LogP) is 5.41. The van der Waals surface area contributed by atoms with Gasteiger partial charge >= 0.3 is 0 Å². The quantitative estimate of drug-likeness (QED) is 0.358. The zero-order valence-electron chi connectivity index (χ0n) is 19.1. The highest BCUT2D eigenvalue weighted by atomic mass is 35.5. The Bertz CT molecular complexity index is 1490. The van der Waals surface area contributed by atoms with Crippen molar-refractivity contribution >= 4 is 45.9 Å². The van der Waals surface area contributed by atoms with Crippen LogP contribution in [-0.2, 0) is 6.54 Å². The first kappa shape index (κ1) is 24.4. The summed E-state index contributed by atoms with van der Waals surface area (Å²) < 4.78 is 28.1. The smallest absolute Gasteiger partial charge is 0.293 e. The number of likely N-dealkylation sites (tertiary alicyclic amines) is 1. The van der Waals surface area contributed by atoms with Crippen LogP contribution in [0, 0.1) is 0 Å². The third-order valence-corrected chi connectivity index (χ3v) is 6.59. The van der Waals surface area contributed by atoms with Gasteiger partial charge in [-0.1, -0.05) is 41.4 Å². The molecule has 0 amide bonds. The van der Waals surface area contributed by atoms with Gasteiger partial charge in [-0.25, -0.2) is 13.8 Å². The van der Waals surface area contributed by atoms with E-state index in [0.29, 0.717) is 39.8 Å². The van der Waals surface area contributed by atoms with Crippen molar-refractivity contribution in [2.24, 2.45) is 0 Å². The molecule has 0 atom stereocenters. The molecule has 5 rings (SSSR count). The Morgan fingerprint density at radius 1 is 1.14 bits per heavy atom. The van der Waals surface area contributed by atoms with Crippen molar-refractivity contribution in [2.75, 3.05) is 25.5 Å². The van der Waals surface area contributed by atoms with Crippen molar-refractivity contribution < 1.29 is 13.6 Å². The fourth-order valence-electron chi connectivity index (χ4n) is 4.31. The molecule has 2 aromatic carbocycles. The van der Waals surface area contributed by atoms with Gasteiger partial charge in [-0.2, -0.15) is 4.98 Å². The summed E-state index contributed by atoms with van der Waals surface area (Å²) in [6, 6.07) is 14.0. The molecule has 36 heavy (non-hydrogen) atoms. The number of anilines is 2. The van der Waals surface area contributed by atoms with Crippen LogP contribution in [-0.4, -0.2) is 45.7 Å². The molecule has 1 aliphatic heterocycles. The number of aromatic nitrogens is 3. The number of alkyl halides is 2. The third kappa shape index (κ3) is 4.86. The zero-order chi connectivity index (χ0) is 25.4. The van der Waals surface area contributed by atoms with Gasteiger partial charge in [0.15, 0.2) is 5.65 Å².